The Morgan fingerprint density at radius 1 is 1.25 bits per heavy atom. The van der Waals surface area contributed by atoms with E-state index in [-0.39, 0.29) is 26.0 Å². The first-order chi connectivity index (χ1) is 2.81. The maximum absolute atomic E-state index is 3.72. The van der Waals surface area contributed by atoms with Crippen LogP contribution < -0.4 is 0 Å². The van der Waals surface area contributed by atoms with Gasteiger partial charge in [-0.25, -0.2) is 12.6 Å². The van der Waals surface area contributed by atoms with Crippen molar-refractivity contribution in [3.05, 3.63) is 21.3 Å². The third-order valence-electron chi connectivity index (χ3n) is 0.986. The largest absolute Gasteiger partial charge is 0.358 e. The Bertz CT molecular complexity index is 27.7. The van der Waals surface area contributed by atoms with E-state index in [0.29, 0.717) is 6.71 Å². The van der Waals surface area contributed by atoms with Crippen LogP contribution in [-0.4, -0.2) is 6.71 Å². The van der Waals surface area contributed by atoms with Crippen molar-refractivity contribution in [2.75, 3.05) is 0 Å². The Labute approximate surface area is 66.4 Å². The summed E-state index contributed by atoms with van der Waals surface area (Å²) in [6.45, 7) is 10.3. The first-order valence-electron chi connectivity index (χ1n) is 2.39. The van der Waals surface area contributed by atoms with Gasteiger partial charge >= 0.3 is 0 Å². The molecular formula is C6H14BV-3. The van der Waals surface area contributed by atoms with Crippen LogP contribution in [-0.2, 0) is 18.6 Å². The van der Waals surface area contributed by atoms with Crippen LogP contribution in [0.5, 0.6) is 0 Å². The van der Waals surface area contributed by atoms with Gasteiger partial charge in [-0.3, -0.25) is 0 Å². The first-order valence-corrected chi connectivity index (χ1v) is 2.39. The van der Waals surface area contributed by atoms with Crippen molar-refractivity contribution < 1.29 is 18.6 Å². The maximum atomic E-state index is 3.72. The van der Waals surface area contributed by atoms with Crippen molar-refractivity contribution in [1.29, 1.82) is 0 Å². The van der Waals surface area contributed by atoms with E-state index in [1.807, 2.05) is 0 Å². The van der Waals surface area contributed by atoms with Crippen LogP contribution in [0.1, 0.15) is 0 Å². The van der Waals surface area contributed by atoms with Gasteiger partial charge in [0.1, 0.15) is 0 Å². The van der Waals surface area contributed by atoms with Gasteiger partial charge in [0.25, 0.3) is 0 Å². The topological polar surface area (TPSA) is 0 Å². The molecule has 0 aliphatic carbocycles. The van der Waals surface area contributed by atoms with Crippen molar-refractivity contribution in [2.45, 2.75) is 19.5 Å². The third kappa shape index (κ3) is 9.82. The van der Waals surface area contributed by atoms with E-state index < -0.39 is 0 Å². The summed E-state index contributed by atoms with van der Waals surface area (Å²) in [5.41, 5.74) is 0. The third-order valence-corrected chi connectivity index (χ3v) is 0.986. The molecule has 0 fully saturated rings. The van der Waals surface area contributed by atoms with Crippen molar-refractivity contribution in [1.82, 2.24) is 0 Å². The SMILES string of the molecule is [CH2-]CB(C)C[CH2-].[CH3-].[V]. The van der Waals surface area contributed by atoms with Crippen LogP contribution in [0.2, 0.25) is 19.5 Å². The molecule has 0 aromatic carbocycles. The zero-order valence-corrected chi connectivity index (χ0v) is 7.25. The average molecular weight is 148 g/mol. The molecule has 8 heavy (non-hydrogen) atoms. The standard InChI is InChI=1S/C5H11B.CH3.V/c1-4-6(3)5-2;;/h1-2,4-5H2,3H3;1H3;/q-2;-1;. The minimum atomic E-state index is 0. The molecule has 0 nitrogen and oxygen atoms in total. The Morgan fingerprint density at radius 2 is 1.50 bits per heavy atom. The minimum absolute atomic E-state index is 0. The molecule has 0 N–H and O–H groups in total. The Morgan fingerprint density at radius 3 is 1.50 bits per heavy atom. The van der Waals surface area contributed by atoms with E-state index in [2.05, 4.69) is 20.7 Å². The molecular weight excluding hydrogens is 134 g/mol. The smallest absolute Gasteiger partial charge is 0.0749 e. The molecule has 0 rings (SSSR count). The Balaban J connectivity index is -0.000000125. The fraction of sp³-hybridized carbons (Fsp3) is 0.500. The van der Waals surface area contributed by atoms with Gasteiger partial charge in [0.05, 0.1) is 6.71 Å². The Kier molecular flexibility index (Phi) is 21.0. The minimum Gasteiger partial charge on any atom is -0.358 e. The van der Waals surface area contributed by atoms with E-state index in [1.165, 1.54) is 0 Å². The van der Waals surface area contributed by atoms with Crippen molar-refractivity contribution >= 4 is 6.71 Å². The monoisotopic (exact) mass is 148 g/mol. The van der Waals surface area contributed by atoms with E-state index in [4.69, 9.17) is 0 Å². The number of rotatable bonds is 2. The van der Waals surface area contributed by atoms with Crippen LogP contribution in [0.15, 0.2) is 0 Å². The number of hydrogen-bond acceptors (Lipinski definition) is 0. The summed E-state index contributed by atoms with van der Waals surface area (Å²) in [5, 5.41) is 0. The van der Waals surface area contributed by atoms with E-state index in [0.717, 1.165) is 12.6 Å². The van der Waals surface area contributed by atoms with Crippen molar-refractivity contribution in [3.8, 4) is 0 Å². The normalized spacial score (nSPS) is 6.38. The van der Waals surface area contributed by atoms with Crippen LogP contribution in [0.25, 0.3) is 0 Å². The van der Waals surface area contributed by atoms with Crippen molar-refractivity contribution in [3.63, 3.8) is 0 Å². The van der Waals surface area contributed by atoms with Gasteiger partial charge in [-0.05, 0) is 0 Å². The van der Waals surface area contributed by atoms with Gasteiger partial charge in [0.15, 0.2) is 0 Å². The second kappa shape index (κ2) is 10.6. The van der Waals surface area contributed by atoms with Crippen LogP contribution >= 0.6 is 0 Å². The molecule has 0 saturated carbocycles. The molecule has 0 spiro atoms. The molecule has 0 aliphatic heterocycles. The molecule has 0 unspecified atom stereocenters. The predicted octanol–water partition coefficient (Wildman–Crippen LogP) is 2.23. The van der Waals surface area contributed by atoms with Gasteiger partial charge < -0.3 is 21.3 Å². The summed E-state index contributed by atoms with van der Waals surface area (Å²) >= 11 is 0. The van der Waals surface area contributed by atoms with Crippen LogP contribution in [0.3, 0.4) is 0 Å². The second-order valence-electron chi connectivity index (χ2n) is 1.68. The first kappa shape index (κ1) is 15.9. The fourth-order valence-corrected chi connectivity index (χ4v) is 0.144. The molecule has 0 aliphatic rings. The summed E-state index contributed by atoms with van der Waals surface area (Å²) in [4.78, 5) is 0. The maximum Gasteiger partial charge on any atom is 0.0749 e. The van der Waals surface area contributed by atoms with E-state index in [1.54, 1.807) is 0 Å². The molecule has 2 heteroatoms. The number of hydrogen-bond donors (Lipinski definition) is 0. The summed E-state index contributed by atoms with van der Waals surface area (Å²) in [7, 11) is 0. The molecule has 49 valence electrons. The average Bonchev–Trinajstić information content (AvgIpc) is 1.65. The quantitative estimate of drug-likeness (QED) is 0.416. The van der Waals surface area contributed by atoms with Gasteiger partial charge in [0.2, 0.25) is 0 Å². The molecule has 0 atom stereocenters. The zero-order valence-electron chi connectivity index (χ0n) is 5.85. The molecule has 0 aromatic heterocycles. The predicted molar refractivity (Wildman–Crippen MR) is 38.4 cm³/mol. The zero-order chi connectivity index (χ0) is 4.99. The second-order valence-corrected chi connectivity index (χ2v) is 1.68. The summed E-state index contributed by atoms with van der Waals surface area (Å²) in [6.07, 6.45) is 2.03. The molecule has 0 bridgehead atoms. The van der Waals surface area contributed by atoms with Gasteiger partial charge in [-0.15, -0.1) is 0 Å². The van der Waals surface area contributed by atoms with Crippen LogP contribution in [0, 0.1) is 21.3 Å². The fourth-order valence-electron chi connectivity index (χ4n) is 0.144. The molecule has 0 aromatic rings. The van der Waals surface area contributed by atoms with Crippen LogP contribution in [0.4, 0.5) is 0 Å². The Hall–Kier alpha value is 0.649. The summed E-state index contributed by atoms with van der Waals surface area (Å²) in [5.74, 6) is 0. The van der Waals surface area contributed by atoms with Crippen molar-refractivity contribution in [2.24, 2.45) is 0 Å². The summed E-state index contributed by atoms with van der Waals surface area (Å²) < 4.78 is 0. The van der Waals surface area contributed by atoms with Gasteiger partial charge in [-0.2, -0.15) is 0 Å². The van der Waals surface area contributed by atoms with E-state index in [9.17, 15) is 0 Å². The van der Waals surface area contributed by atoms with Gasteiger partial charge in [-0.1, -0.05) is 6.82 Å². The molecule has 0 heterocycles. The van der Waals surface area contributed by atoms with E-state index >= 15 is 0 Å². The summed E-state index contributed by atoms with van der Waals surface area (Å²) in [6, 6.07) is 0. The molecule has 0 amide bonds. The molecule has 1 radical (unpaired) electrons. The van der Waals surface area contributed by atoms with Gasteiger partial charge in [0, 0.05) is 18.6 Å². The molecule has 0 saturated heterocycles.